The molecule has 3 N–H and O–H groups in total. The number of nitrogens with one attached hydrogen (secondary N) is 3. The minimum absolute atomic E-state index is 0.284. The van der Waals surface area contributed by atoms with E-state index in [2.05, 4.69) is 40.9 Å². The van der Waals surface area contributed by atoms with E-state index in [-0.39, 0.29) is 11.9 Å². The van der Waals surface area contributed by atoms with Crippen LogP contribution in [0.5, 0.6) is 0 Å². The molecule has 0 spiro atoms. The molecule has 0 radical (unpaired) electrons. The Kier molecular flexibility index (Phi) is 3.83. The highest BCUT2D eigenvalue weighted by atomic mass is 16.6. The van der Waals surface area contributed by atoms with Gasteiger partial charge in [0.2, 0.25) is 5.95 Å². The molecule has 0 saturated heterocycles. The highest BCUT2D eigenvalue weighted by Crippen LogP contribution is 2.07. The zero-order valence-corrected chi connectivity index (χ0v) is 8.16. The van der Waals surface area contributed by atoms with Gasteiger partial charge in [0.05, 0.1) is 14.2 Å². The van der Waals surface area contributed by atoms with Crippen molar-refractivity contribution in [2.24, 2.45) is 0 Å². The Morgan fingerprint density at radius 2 is 1.29 bits per heavy atom. The van der Waals surface area contributed by atoms with Gasteiger partial charge < -0.3 is 5.32 Å². The number of hydrogen-bond donors (Lipinski definition) is 3. The zero-order valence-electron chi connectivity index (χ0n) is 8.16. The van der Waals surface area contributed by atoms with Crippen molar-refractivity contribution in [2.45, 2.75) is 0 Å². The van der Waals surface area contributed by atoms with Gasteiger partial charge in [-0.05, 0) is 0 Å². The largest absolute Gasteiger partial charge is 0.357 e. The molecule has 0 aliphatic heterocycles. The average molecular weight is 200 g/mol. The van der Waals surface area contributed by atoms with Crippen molar-refractivity contribution in [1.29, 1.82) is 0 Å². The van der Waals surface area contributed by atoms with Crippen LogP contribution >= 0.6 is 0 Å². The summed E-state index contributed by atoms with van der Waals surface area (Å²) in [6.45, 7) is 0. The minimum Gasteiger partial charge on any atom is -0.357 e. The van der Waals surface area contributed by atoms with E-state index in [1.165, 1.54) is 14.2 Å². The second-order valence-corrected chi connectivity index (χ2v) is 2.17. The Labute approximate surface area is 81.0 Å². The van der Waals surface area contributed by atoms with Gasteiger partial charge in [-0.3, -0.25) is 9.68 Å². The van der Waals surface area contributed by atoms with Crippen LogP contribution in [0.1, 0.15) is 0 Å². The molecule has 0 aliphatic rings. The summed E-state index contributed by atoms with van der Waals surface area (Å²) in [6.07, 6.45) is 0. The highest BCUT2D eigenvalue weighted by molar-refractivity contribution is 5.39. The van der Waals surface area contributed by atoms with Gasteiger partial charge in [-0.2, -0.15) is 15.0 Å². The van der Waals surface area contributed by atoms with E-state index in [9.17, 15) is 0 Å². The first-order chi connectivity index (χ1) is 6.80. The number of hydrogen-bond acceptors (Lipinski definition) is 8. The second-order valence-electron chi connectivity index (χ2n) is 2.17. The Balaban J connectivity index is 2.88. The summed E-state index contributed by atoms with van der Waals surface area (Å²) in [4.78, 5) is 21.2. The van der Waals surface area contributed by atoms with E-state index >= 15 is 0 Å². The number of anilines is 3. The number of aromatic nitrogens is 3. The summed E-state index contributed by atoms with van der Waals surface area (Å²) >= 11 is 0. The van der Waals surface area contributed by atoms with Crippen LogP contribution in [0.2, 0.25) is 0 Å². The maximum atomic E-state index is 4.66. The van der Waals surface area contributed by atoms with Gasteiger partial charge in [-0.1, -0.05) is 0 Å². The standard InChI is InChI=1S/C6H12N6O2/c1-7-4-8-5(11-13-2)10-6(9-4)12-14-3/h1-3H3,(H3,7,8,9,10,11,12). The normalized spacial score (nSPS) is 9.64. The first kappa shape index (κ1) is 10.4. The van der Waals surface area contributed by atoms with Gasteiger partial charge in [-0.15, -0.1) is 0 Å². The maximum absolute atomic E-state index is 4.66. The topological polar surface area (TPSA) is 93.2 Å². The number of nitrogens with zero attached hydrogens (tertiary/aromatic N) is 3. The van der Waals surface area contributed by atoms with Gasteiger partial charge in [0.15, 0.2) is 0 Å². The van der Waals surface area contributed by atoms with Crippen molar-refractivity contribution in [3.8, 4) is 0 Å². The van der Waals surface area contributed by atoms with Crippen LogP contribution in [-0.2, 0) is 9.68 Å². The van der Waals surface area contributed by atoms with Crippen molar-refractivity contribution < 1.29 is 9.68 Å². The van der Waals surface area contributed by atoms with Crippen LogP contribution in [0, 0.1) is 0 Å². The zero-order chi connectivity index (χ0) is 10.4. The number of rotatable bonds is 5. The summed E-state index contributed by atoms with van der Waals surface area (Å²) in [5, 5.41) is 2.77. The van der Waals surface area contributed by atoms with Gasteiger partial charge in [-0.25, -0.2) is 11.0 Å². The second kappa shape index (κ2) is 5.14. The molecular weight excluding hydrogens is 188 g/mol. The molecule has 1 rings (SSSR count). The van der Waals surface area contributed by atoms with Crippen molar-refractivity contribution in [1.82, 2.24) is 15.0 Å². The summed E-state index contributed by atoms with van der Waals surface area (Å²) in [5.41, 5.74) is 4.97. The maximum Gasteiger partial charge on any atom is 0.253 e. The SMILES string of the molecule is CNc1nc(NOC)nc(NOC)n1. The fraction of sp³-hybridized carbons (Fsp3) is 0.500. The molecule has 0 fully saturated rings. The van der Waals surface area contributed by atoms with Crippen LogP contribution in [0.25, 0.3) is 0 Å². The lowest BCUT2D eigenvalue weighted by Gasteiger charge is -2.06. The molecule has 8 nitrogen and oxygen atoms in total. The Hall–Kier alpha value is -1.67. The molecule has 0 aromatic carbocycles. The molecule has 0 unspecified atom stereocenters. The summed E-state index contributed by atoms with van der Waals surface area (Å²) in [7, 11) is 4.63. The van der Waals surface area contributed by atoms with E-state index in [0.29, 0.717) is 5.95 Å². The molecule has 0 aliphatic carbocycles. The molecule has 0 amide bonds. The van der Waals surface area contributed by atoms with Crippen molar-refractivity contribution in [2.75, 3.05) is 37.5 Å². The molecule has 0 saturated carbocycles. The summed E-state index contributed by atoms with van der Waals surface area (Å²) in [5.74, 6) is 0.969. The molecule has 0 atom stereocenters. The van der Waals surface area contributed by atoms with E-state index in [1.807, 2.05) is 0 Å². The van der Waals surface area contributed by atoms with Crippen LogP contribution in [0.15, 0.2) is 0 Å². The molecular formula is C6H12N6O2. The molecule has 1 aromatic heterocycles. The van der Waals surface area contributed by atoms with Gasteiger partial charge in [0.1, 0.15) is 0 Å². The van der Waals surface area contributed by atoms with Crippen molar-refractivity contribution >= 4 is 17.8 Å². The monoisotopic (exact) mass is 200 g/mol. The molecule has 1 heterocycles. The van der Waals surface area contributed by atoms with Gasteiger partial charge in [0.25, 0.3) is 11.9 Å². The van der Waals surface area contributed by atoms with Gasteiger partial charge >= 0.3 is 0 Å². The van der Waals surface area contributed by atoms with Crippen LogP contribution in [-0.4, -0.2) is 36.2 Å². The quantitative estimate of drug-likeness (QED) is 0.565. The van der Waals surface area contributed by atoms with Crippen molar-refractivity contribution in [3.63, 3.8) is 0 Å². The molecule has 78 valence electrons. The highest BCUT2D eigenvalue weighted by Gasteiger charge is 2.03. The van der Waals surface area contributed by atoms with E-state index in [1.54, 1.807) is 7.05 Å². The predicted molar refractivity (Wildman–Crippen MR) is 50.6 cm³/mol. The van der Waals surface area contributed by atoms with Crippen LogP contribution < -0.4 is 16.3 Å². The fourth-order valence-corrected chi connectivity index (χ4v) is 0.762. The third-order valence-electron chi connectivity index (χ3n) is 1.25. The van der Waals surface area contributed by atoms with Crippen LogP contribution in [0.3, 0.4) is 0 Å². The Morgan fingerprint density at radius 3 is 1.64 bits per heavy atom. The molecule has 0 bridgehead atoms. The minimum atomic E-state index is 0.284. The van der Waals surface area contributed by atoms with Gasteiger partial charge in [0, 0.05) is 7.05 Å². The smallest absolute Gasteiger partial charge is 0.253 e. The first-order valence-corrected chi connectivity index (χ1v) is 3.82. The Bertz CT molecular complexity index is 269. The lowest BCUT2D eigenvalue weighted by Crippen LogP contribution is -2.09. The molecule has 14 heavy (non-hydrogen) atoms. The Morgan fingerprint density at radius 1 is 0.857 bits per heavy atom. The fourth-order valence-electron chi connectivity index (χ4n) is 0.762. The van der Waals surface area contributed by atoms with E-state index < -0.39 is 0 Å². The first-order valence-electron chi connectivity index (χ1n) is 3.82. The van der Waals surface area contributed by atoms with Crippen molar-refractivity contribution in [3.05, 3.63) is 0 Å². The third kappa shape index (κ3) is 2.68. The lowest BCUT2D eigenvalue weighted by atomic mass is 10.8. The third-order valence-corrected chi connectivity index (χ3v) is 1.25. The van der Waals surface area contributed by atoms with Crippen LogP contribution in [0.4, 0.5) is 17.8 Å². The lowest BCUT2D eigenvalue weighted by molar-refractivity contribution is 0.262. The van der Waals surface area contributed by atoms with E-state index in [4.69, 9.17) is 0 Å². The molecule has 8 heteroatoms. The summed E-state index contributed by atoms with van der Waals surface area (Å²) in [6, 6.07) is 0. The molecule has 1 aromatic rings. The summed E-state index contributed by atoms with van der Waals surface area (Å²) < 4.78 is 0. The van der Waals surface area contributed by atoms with E-state index in [0.717, 1.165) is 0 Å². The predicted octanol–water partition coefficient (Wildman–Crippen LogP) is -0.140. The average Bonchev–Trinajstić information content (AvgIpc) is 2.18.